The molecule has 3 aromatic heterocycles. The summed E-state index contributed by atoms with van der Waals surface area (Å²) in [6.07, 6.45) is 0. The first-order valence-electron chi connectivity index (χ1n) is 11.5. The van der Waals surface area contributed by atoms with E-state index in [1.807, 2.05) is 42.5 Å². The predicted molar refractivity (Wildman–Crippen MR) is 138 cm³/mol. The van der Waals surface area contributed by atoms with Gasteiger partial charge in [0.2, 0.25) is 0 Å². The second-order valence-electron chi connectivity index (χ2n) is 8.06. The average Bonchev–Trinajstić information content (AvgIpc) is 3.57. The molecule has 0 amide bonds. The number of benzene rings is 2. The number of aromatic nitrogens is 4. The largest absolute Gasteiger partial charge is 0.490 e. The molecule has 186 valence electrons. The van der Waals surface area contributed by atoms with Gasteiger partial charge in [0.1, 0.15) is 17.2 Å². The molecule has 2 N–H and O–H groups in total. The van der Waals surface area contributed by atoms with E-state index in [2.05, 4.69) is 20.1 Å². The van der Waals surface area contributed by atoms with E-state index in [4.69, 9.17) is 19.6 Å². The number of esters is 1. The average molecular weight is 517 g/mol. The van der Waals surface area contributed by atoms with Crippen molar-refractivity contribution in [1.29, 1.82) is 0 Å². The highest BCUT2D eigenvalue weighted by molar-refractivity contribution is 7.21. The second-order valence-corrected chi connectivity index (χ2v) is 9.09. The Bertz CT molecular complexity index is 1690. The second kappa shape index (κ2) is 9.06. The van der Waals surface area contributed by atoms with Crippen LogP contribution in [-0.2, 0) is 4.74 Å². The fraction of sp³-hybridized carbons (Fsp3) is 0.160. The quantitative estimate of drug-likeness (QED) is 0.343. The van der Waals surface area contributed by atoms with Crippen LogP contribution in [0.15, 0.2) is 63.8 Å². The van der Waals surface area contributed by atoms with E-state index in [1.54, 1.807) is 19.1 Å². The highest BCUT2D eigenvalue weighted by Gasteiger charge is 2.23. The van der Waals surface area contributed by atoms with Gasteiger partial charge in [-0.1, -0.05) is 18.2 Å². The predicted octanol–water partition coefficient (Wildman–Crippen LogP) is 3.79. The molecule has 0 atom stereocenters. The Morgan fingerprint density at radius 3 is 2.78 bits per heavy atom. The van der Waals surface area contributed by atoms with Crippen molar-refractivity contribution in [3.05, 3.63) is 70.8 Å². The fourth-order valence-electron chi connectivity index (χ4n) is 4.17. The topological polar surface area (TPSA) is 139 Å². The van der Waals surface area contributed by atoms with Gasteiger partial charge in [0.15, 0.2) is 5.82 Å². The van der Waals surface area contributed by atoms with Crippen LogP contribution in [0, 0.1) is 0 Å². The van der Waals surface area contributed by atoms with Crippen LogP contribution in [0.2, 0.25) is 0 Å². The number of hydrogen-bond acceptors (Lipinski definition) is 11. The molecule has 11 nitrogen and oxygen atoms in total. The number of nitrogens with zero attached hydrogens (tertiary/aromatic N) is 5. The number of hydrogen-bond donors (Lipinski definition) is 1. The molecule has 6 rings (SSSR count). The van der Waals surface area contributed by atoms with Gasteiger partial charge in [-0.05, 0) is 43.3 Å². The van der Waals surface area contributed by atoms with Crippen molar-refractivity contribution >= 4 is 44.8 Å². The molecule has 0 saturated heterocycles. The Morgan fingerprint density at radius 1 is 1.14 bits per heavy atom. The van der Waals surface area contributed by atoms with Gasteiger partial charge < -0.3 is 24.5 Å². The number of fused-ring (bicyclic) bond motifs is 2. The lowest BCUT2D eigenvalue weighted by atomic mass is 10.1. The summed E-state index contributed by atoms with van der Waals surface area (Å²) in [6.45, 7) is 3.07. The Balaban J connectivity index is 1.47. The molecule has 1 aliphatic heterocycles. The van der Waals surface area contributed by atoms with E-state index in [0.717, 1.165) is 11.4 Å². The van der Waals surface area contributed by atoms with Crippen molar-refractivity contribution in [2.75, 3.05) is 30.4 Å². The van der Waals surface area contributed by atoms with Crippen LogP contribution in [-0.4, -0.2) is 45.5 Å². The lowest BCUT2D eigenvalue weighted by Gasteiger charge is -2.31. The van der Waals surface area contributed by atoms with Gasteiger partial charge in [0.05, 0.1) is 34.9 Å². The number of carbonyl (C=O) groups is 1. The zero-order valence-electron chi connectivity index (χ0n) is 19.6. The summed E-state index contributed by atoms with van der Waals surface area (Å²) in [5.74, 6) is -0.283. The first kappa shape index (κ1) is 22.7. The normalized spacial score (nSPS) is 12.8. The maximum absolute atomic E-state index is 13.2. The van der Waals surface area contributed by atoms with Crippen LogP contribution < -0.4 is 20.9 Å². The molecule has 0 radical (unpaired) electrons. The maximum atomic E-state index is 13.2. The third-order valence-electron chi connectivity index (χ3n) is 5.80. The van der Waals surface area contributed by atoms with E-state index in [0.29, 0.717) is 39.8 Å². The number of nitrogen functional groups attached to an aromatic ring is 1. The van der Waals surface area contributed by atoms with Crippen LogP contribution >= 0.6 is 11.3 Å². The molecule has 0 spiro atoms. The maximum Gasteiger partial charge on any atom is 0.396 e. The molecule has 0 unspecified atom stereocenters. The van der Waals surface area contributed by atoms with E-state index >= 15 is 0 Å². The molecule has 0 aliphatic carbocycles. The summed E-state index contributed by atoms with van der Waals surface area (Å²) in [6, 6.07) is 17.2. The van der Waals surface area contributed by atoms with E-state index in [-0.39, 0.29) is 24.2 Å². The third-order valence-corrected chi connectivity index (χ3v) is 6.80. The minimum Gasteiger partial charge on any atom is -0.490 e. The van der Waals surface area contributed by atoms with Gasteiger partial charge in [-0.25, -0.2) is 9.78 Å². The summed E-state index contributed by atoms with van der Waals surface area (Å²) >= 11 is 1.21. The highest BCUT2D eigenvalue weighted by atomic mass is 32.1. The number of ether oxygens (including phenoxy) is 2. The number of nitrogens with two attached hydrogens (primary N) is 1. The van der Waals surface area contributed by atoms with Crippen molar-refractivity contribution in [1.82, 2.24) is 19.7 Å². The van der Waals surface area contributed by atoms with Gasteiger partial charge in [-0.3, -0.25) is 9.36 Å². The first-order chi connectivity index (χ1) is 18.0. The van der Waals surface area contributed by atoms with Gasteiger partial charge in [-0.15, -0.1) is 21.5 Å². The van der Waals surface area contributed by atoms with E-state index < -0.39 is 11.5 Å². The monoisotopic (exact) mass is 516 g/mol. The van der Waals surface area contributed by atoms with Crippen molar-refractivity contribution < 1.29 is 18.7 Å². The van der Waals surface area contributed by atoms with Crippen molar-refractivity contribution in [2.45, 2.75) is 6.92 Å². The Kier molecular flexibility index (Phi) is 5.57. The minimum atomic E-state index is -0.708. The Morgan fingerprint density at radius 2 is 1.97 bits per heavy atom. The van der Waals surface area contributed by atoms with E-state index in [1.165, 1.54) is 15.9 Å². The van der Waals surface area contributed by atoms with Crippen molar-refractivity contribution in [3.63, 3.8) is 0 Å². The number of carbonyl (C=O) groups excluding carboxylic acids is 1. The lowest BCUT2D eigenvalue weighted by Crippen LogP contribution is -2.29. The summed E-state index contributed by atoms with van der Waals surface area (Å²) in [4.78, 5) is 32.6. The summed E-state index contributed by atoms with van der Waals surface area (Å²) < 4.78 is 17.8. The van der Waals surface area contributed by atoms with Gasteiger partial charge in [0.25, 0.3) is 11.4 Å². The van der Waals surface area contributed by atoms with Crippen molar-refractivity contribution in [3.8, 4) is 22.2 Å². The smallest absolute Gasteiger partial charge is 0.396 e. The fourth-order valence-corrected chi connectivity index (χ4v) is 5.12. The van der Waals surface area contributed by atoms with Gasteiger partial charge in [-0.2, -0.15) is 0 Å². The zero-order valence-corrected chi connectivity index (χ0v) is 20.4. The molecule has 37 heavy (non-hydrogen) atoms. The number of anilines is 3. The summed E-state index contributed by atoms with van der Waals surface area (Å²) in [5, 5.41) is 7.72. The molecule has 4 heterocycles. The van der Waals surface area contributed by atoms with Crippen LogP contribution in [0.3, 0.4) is 0 Å². The van der Waals surface area contributed by atoms with Crippen LogP contribution in [0.25, 0.3) is 26.8 Å². The van der Waals surface area contributed by atoms with Crippen LogP contribution in [0.5, 0.6) is 5.75 Å². The third kappa shape index (κ3) is 3.96. The SMILES string of the molecule is CCOC(=O)c1nnc(-c2cc3c(nc(N)c(=O)n3-c3ccc4c(c3)N(c3ccccc3)CCO4)s2)o1. The van der Waals surface area contributed by atoms with Crippen LogP contribution in [0.4, 0.5) is 17.2 Å². The molecular weight excluding hydrogens is 496 g/mol. The molecular formula is C25H20N6O5S. The minimum absolute atomic E-state index is 0.109. The van der Waals surface area contributed by atoms with Crippen LogP contribution in [0.1, 0.15) is 17.6 Å². The molecule has 12 heteroatoms. The standard InChI is InChI=1S/C25H20N6O5S/c1-2-34-25(33)22-29-28-21(36-22)19-13-17-23(37-19)27-20(26)24(32)31(17)15-8-9-18-16(12-15)30(10-11-35-18)14-6-4-3-5-7-14/h3-9,12-13H,2,10-11H2,1H3,(H2,26,27). The number of thiophene rings is 1. The molecule has 0 saturated carbocycles. The van der Waals surface area contributed by atoms with E-state index in [9.17, 15) is 9.59 Å². The van der Waals surface area contributed by atoms with Gasteiger partial charge in [0, 0.05) is 5.69 Å². The summed E-state index contributed by atoms with van der Waals surface area (Å²) in [7, 11) is 0. The molecule has 1 aliphatic rings. The molecule has 0 bridgehead atoms. The summed E-state index contributed by atoms with van der Waals surface area (Å²) in [5.41, 5.74) is 8.51. The zero-order chi connectivity index (χ0) is 25.5. The first-order valence-corrected chi connectivity index (χ1v) is 12.3. The number of para-hydroxylation sites is 1. The molecule has 5 aromatic rings. The van der Waals surface area contributed by atoms with Gasteiger partial charge >= 0.3 is 11.9 Å². The number of rotatable bonds is 5. The Hall–Kier alpha value is -4.71. The Labute approximate surface area is 213 Å². The highest BCUT2D eigenvalue weighted by Crippen LogP contribution is 2.39. The van der Waals surface area contributed by atoms with Crippen molar-refractivity contribution in [2.24, 2.45) is 0 Å². The molecule has 0 fully saturated rings. The molecule has 2 aromatic carbocycles. The lowest BCUT2D eigenvalue weighted by molar-refractivity contribution is 0.0481.